The van der Waals surface area contributed by atoms with Crippen molar-refractivity contribution in [3.05, 3.63) is 64.7 Å². The number of nitrogens with one attached hydrogen (secondary N) is 1. The van der Waals surface area contributed by atoms with Gasteiger partial charge in [0.2, 0.25) is 21.8 Å². The van der Waals surface area contributed by atoms with Gasteiger partial charge < -0.3 is 10.2 Å². The minimum atomic E-state index is -3.53. The lowest BCUT2D eigenvalue weighted by molar-refractivity contribution is -0.142. The molecule has 0 radical (unpaired) electrons. The summed E-state index contributed by atoms with van der Waals surface area (Å²) in [4.78, 5) is 28.2. The van der Waals surface area contributed by atoms with Crippen LogP contribution in [0.25, 0.3) is 0 Å². The smallest absolute Gasteiger partial charge is 0.243 e. The van der Waals surface area contributed by atoms with Gasteiger partial charge in [-0.25, -0.2) is 8.42 Å². The molecule has 0 unspecified atom stereocenters. The fourth-order valence-corrected chi connectivity index (χ4v) is 5.15. The Morgan fingerprint density at radius 3 is 2.03 bits per heavy atom. The van der Waals surface area contributed by atoms with E-state index in [1.54, 1.807) is 29.2 Å². The summed E-state index contributed by atoms with van der Waals surface area (Å²) in [5, 5.41) is 3.57. The van der Waals surface area contributed by atoms with Gasteiger partial charge in [-0.2, -0.15) is 0 Å². The normalized spacial score (nSPS) is 12.6. The molecule has 0 bridgehead atoms. The van der Waals surface area contributed by atoms with E-state index in [2.05, 4.69) is 5.32 Å². The predicted molar refractivity (Wildman–Crippen MR) is 151 cm³/mol. The average Bonchev–Trinajstić information content (AvgIpc) is 2.81. The number of carbonyl (C=O) groups excluding carboxylic acids is 2. The third-order valence-electron chi connectivity index (χ3n) is 5.94. The first-order chi connectivity index (χ1) is 17.2. The van der Waals surface area contributed by atoms with Gasteiger partial charge in [0.25, 0.3) is 0 Å². The molecule has 2 aromatic carbocycles. The molecule has 0 heterocycles. The lowest BCUT2D eigenvalue weighted by Gasteiger charge is -2.33. The summed E-state index contributed by atoms with van der Waals surface area (Å²) >= 11 is 6.03. The molecule has 37 heavy (non-hydrogen) atoms. The number of anilines is 1. The first-order valence-electron chi connectivity index (χ1n) is 12.7. The summed E-state index contributed by atoms with van der Waals surface area (Å²) in [6.07, 6.45) is 2.89. The molecule has 1 atom stereocenters. The molecule has 9 heteroatoms. The molecular formula is C28H40ClN3O4S. The molecule has 0 aromatic heterocycles. The fraction of sp³-hybridized carbons (Fsp3) is 0.500. The lowest BCUT2D eigenvalue weighted by Crippen LogP contribution is -2.53. The van der Waals surface area contributed by atoms with Gasteiger partial charge in [-0.1, -0.05) is 49.7 Å². The Morgan fingerprint density at radius 1 is 0.973 bits per heavy atom. The highest BCUT2D eigenvalue weighted by Gasteiger charge is 2.30. The Balaban J connectivity index is 2.22. The Bertz CT molecular complexity index is 1140. The highest BCUT2D eigenvalue weighted by Crippen LogP contribution is 2.21. The van der Waals surface area contributed by atoms with Gasteiger partial charge in [0.1, 0.15) is 6.04 Å². The van der Waals surface area contributed by atoms with E-state index in [-0.39, 0.29) is 31.3 Å². The summed E-state index contributed by atoms with van der Waals surface area (Å²) in [7, 11) is -3.53. The zero-order valence-electron chi connectivity index (χ0n) is 22.8. The van der Waals surface area contributed by atoms with E-state index in [1.807, 2.05) is 58.9 Å². The van der Waals surface area contributed by atoms with Crippen LogP contribution in [-0.4, -0.2) is 49.5 Å². The SMILES string of the molecule is CCc1ccc(N(CCCC(=O)N(Cc2ccc(Cl)cc2)[C@@H](CC)C(=O)NC(C)(C)C)S(C)(=O)=O)cc1. The van der Waals surface area contributed by atoms with Crippen LogP contribution < -0.4 is 9.62 Å². The summed E-state index contributed by atoms with van der Waals surface area (Å²) in [5.41, 5.74) is 2.10. The van der Waals surface area contributed by atoms with E-state index in [4.69, 9.17) is 11.6 Å². The number of hydrogen-bond donors (Lipinski definition) is 1. The molecule has 2 amide bonds. The highest BCUT2D eigenvalue weighted by molar-refractivity contribution is 7.92. The second-order valence-corrected chi connectivity index (χ2v) is 12.6. The predicted octanol–water partition coefficient (Wildman–Crippen LogP) is 5.17. The number of sulfonamides is 1. The Hall–Kier alpha value is -2.58. The van der Waals surface area contributed by atoms with Crippen molar-refractivity contribution < 1.29 is 18.0 Å². The molecule has 0 saturated heterocycles. The first-order valence-corrected chi connectivity index (χ1v) is 14.9. The molecule has 0 aliphatic heterocycles. The third-order valence-corrected chi connectivity index (χ3v) is 7.38. The molecule has 2 rings (SSSR count). The van der Waals surface area contributed by atoms with E-state index < -0.39 is 21.6 Å². The second-order valence-electron chi connectivity index (χ2n) is 10.3. The molecule has 204 valence electrons. The van der Waals surface area contributed by atoms with Crippen molar-refractivity contribution in [2.24, 2.45) is 0 Å². The van der Waals surface area contributed by atoms with E-state index >= 15 is 0 Å². The maximum atomic E-state index is 13.5. The summed E-state index contributed by atoms with van der Waals surface area (Å²) in [5.74, 6) is -0.424. The van der Waals surface area contributed by atoms with Gasteiger partial charge in [0, 0.05) is 30.1 Å². The maximum Gasteiger partial charge on any atom is 0.243 e. The molecule has 0 saturated carbocycles. The van der Waals surface area contributed by atoms with Crippen LogP contribution in [0, 0.1) is 0 Å². The van der Waals surface area contributed by atoms with Crippen molar-refractivity contribution in [3.63, 3.8) is 0 Å². The molecule has 0 spiro atoms. The molecule has 1 N–H and O–H groups in total. The zero-order chi connectivity index (χ0) is 27.8. The van der Waals surface area contributed by atoms with Crippen molar-refractivity contribution in [2.45, 2.75) is 78.4 Å². The van der Waals surface area contributed by atoms with Gasteiger partial charge >= 0.3 is 0 Å². The molecule has 0 fully saturated rings. The summed E-state index contributed by atoms with van der Waals surface area (Å²) in [6, 6.07) is 13.9. The number of rotatable bonds is 12. The third kappa shape index (κ3) is 9.67. The number of hydrogen-bond acceptors (Lipinski definition) is 4. The zero-order valence-corrected chi connectivity index (χ0v) is 24.3. The van der Waals surface area contributed by atoms with Crippen molar-refractivity contribution in [1.82, 2.24) is 10.2 Å². The van der Waals surface area contributed by atoms with Crippen LogP contribution in [-0.2, 0) is 32.6 Å². The number of benzene rings is 2. The van der Waals surface area contributed by atoms with E-state index in [0.29, 0.717) is 23.6 Å². The van der Waals surface area contributed by atoms with E-state index in [0.717, 1.165) is 17.5 Å². The molecule has 0 aliphatic carbocycles. The monoisotopic (exact) mass is 549 g/mol. The average molecular weight is 550 g/mol. The number of aryl methyl sites for hydroxylation is 1. The quantitative estimate of drug-likeness (QED) is 0.395. The maximum absolute atomic E-state index is 13.5. The van der Waals surface area contributed by atoms with Gasteiger partial charge in [-0.3, -0.25) is 13.9 Å². The lowest BCUT2D eigenvalue weighted by atomic mass is 10.0. The minimum absolute atomic E-state index is 0.103. The van der Waals surface area contributed by atoms with Crippen LogP contribution in [0.15, 0.2) is 48.5 Å². The Morgan fingerprint density at radius 2 is 1.54 bits per heavy atom. The van der Waals surface area contributed by atoms with Crippen LogP contribution in [0.1, 0.15) is 65.0 Å². The van der Waals surface area contributed by atoms with Crippen LogP contribution >= 0.6 is 11.6 Å². The molecular weight excluding hydrogens is 510 g/mol. The summed E-state index contributed by atoms with van der Waals surface area (Å²) < 4.78 is 26.3. The molecule has 2 aromatic rings. The Labute approximate surface area is 227 Å². The van der Waals surface area contributed by atoms with Gasteiger partial charge in [0.05, 0.1) is 11.9 Å². The van der Waals surface area contributed by atoms with Crippen molar-refractivity contribution >= 4 is 39.1 Å². The summed E-state index contributed by atoms with van der Waals surface area (Å²) in [6.45, 7) is 10.0. The van der Waals surface area contributed by atoms with Crippen molar-refractivity contribution in [1.29, 1.82) is 0 Å². The standard InChI is InChI=1S/C28H40ClN3O4S/c1-7-21-13-17-24(18-14-21)32(37(6,35)36)19-9-10-26(33)31(20-22-11-15-23(29)16-12-22)25(8-2)27(34)30-28(3,4)5/h11-18,25H,7-10,19-20H2,1-6H3,(H,30,34)/t25-/m0/s1. The fourth-order valence-electron chi connectivity index (χ4n) is 4.06. The molecule has 0 aliphatic rings. The Kier molecular flexibility index (Phi) is 11.0. The van der Waals surface area contributed by atoms with Crippen LogP contribution in [0.3, 0.4) is 0 Å². The van der Waals surface area contributed by atoms with E-state index in [1.165, 1.54) is 10.6 Å². The number of carbonyl (C=O) groups is 2. The highest BCUT2D eigenvalue weighted by atomic mass is 35.5. The largest absolute Gasteiger partial charge is 0.350 e. The second kappa shape index (κ2) is 13.3. The van der Waals surface area contributed by atoms with Gasteiger partial charge in [0.15, 0.2) is 0 Å². The van der Waals surface area contributed by atoms with Crippen molar-refractivity contribution in [2.75, 3.05) is 17.1 Å². The number of nitrogens with zero attached hydrogens (tertiary/aromatic N) is 2. The van der Waals surface area contributed by atoms with Gasteiger partial charge in [-0.05, 0) is 75.4 Å². The van der Waals surface area contributed by atoms with Crippen LogP contribution in [0.4, 0.5) is 5.69 Å². The number of amides is 2. The van der Waals surface area contributed by atoms with Crippen LogP contribution in [0.2, 0.25) is 5.02 Å². The van der Waals surface area contributed by atoms with Crippen LogP contribution in [0.5, 0.6) is 0 Å². The molecule has 7 nitrogen and oxygen atoms in total. The number of halogens is 1. The van der Waals surface area contributed by atoms with E-state index in [9.17, 15) is 18.0 Å². The minimum Gasteiger partial charge on any atom is -0.350 e. The first kappa shape index (κ1) is 30.6. The van der Waals surface area contributed by atoms with Gasteiger partial charge in [-0.15, -0.1) is 0 Å². The topological polar surface area (TPSA) is 86.8 Å². The van der Waals surface area contributed by atoms with Crippen molar-refractivity contribution in [3.8, 4) is 0 Å².